The monoisotopic (exact) mass is 853 g/mol. The number of amides is 1. The lowest BCUT2D eigenvalue weighted by Crippen LogP contribution is -2.38. The number of ether oxygens (including phenoxy) is 2. The van der Waals surface area contributed by atoms with Gasteiger partial charge in [0.15, 0.2) is 11.2 Å². The van der Waals surface area contributed by atoms with Crippen LogP contribution in [0.4, 0.5) is 5.95 Å². The molecule has 18 nitrogen and oxygen atoms in total. The minimum atomic E-state index is -5.26. The normalized spacial score (nSPS) is 18.5. The maximum absolute atomic E-state index is 13.7. The summed E-state index contributed by atoms with van der Waals surface area (Å²) in [5, 5.41) is 2.35. The van der Waals surface area contributed by atoms with E-state index in [2.05, 4.69) is 27.2 Å². The number of halogens is 1. The smallest absolute Gasteiger partial charge is 0.415 e. The molecule has 3 rings (SSSR count). The number of aromatic nitrogens is 4. The molecule has 1 fully saturated rings. The lowest BCUT2D eigenvalue weighted by molar-refractivity contribution is -0.147. The summed E-state index contributed by atoms with van der Waals surface area (Å²) in [6.45, 7) is 2.07. The van der Waals surface area contributed by atoms with Crippen molar-refractivity contribution in [1.29, 1.82) is 0 Å². The highest BCUT2D eigenvalue weighted by Crippen LogP contribution is 2.65. The third-order valence-electron chi connectivity index (χ3n) is 9.53. The van der Waals surface area contributed by atoms with E-state index >= 15 is 0 Å². The Morgan fingerprint density at radius 3 is 2.14 bits per heavy atom. The standard InChI is InChI=1S/C35H62ClN7O11P2/c1-3-4-5-6-7-8-9-10-11-12-13-14-15-16-17-18-22-51-34(46)27(2)43(55(47,48)52-23-21-38-29(44)24-36)56(49,50)53-25-28-19-20-30(54-28)42-26-39-31-32(42)40-35(37)41-33(31)45/h26-28,30H,3-25H2,1-2H3,(H,38,44)(H,47,48)(H,49,50)(H3,37,40,41,45)/t27-,28-,30+/m0/s1. The quantitative estimate of drug-likeness (QED) is 0.0245. The van der Waals surface area contributed by atoms with E-state index < -0.39 is 64.5 Å². The number of imidazole rings is 1. The fraction of sp³-hybridized carbons (Fsp3) is 0.800. The average molecular weight is 854 g/mol. The summed E-state index contributed by atoms with van der Waals surface area (Å²) in [7, 11) is -10.5. The van der Waals surface area contributed by atoms with Crippen molar-refractivity contribution in [3.63, 3.8) is 0 Å². The van der Waals surface area contributed by atoms with Crippen LogP contribution < -0.4 is 16.6 Å². The fourth-order valence-corrected chi connectivity index (χ4v) is 10.0. The second kappa shape index (κ2) is 25.2. The Kier molecular flexibility index (Phi) is 21.6. The van der Waals surface area contributed by atoms with Gasteiger partial charge in [-0.05, 0) is 26.2 Å². The van der Waals surface area contributed by atoms with Crippen LogP contribution in [0, 0.1) is 0 Å². The first kappa shape index (κ1) is 48.0. The topological polar surface area (TPSA) is 251 Å². The van der Waals surface area contributed by atoms with Gasteiger partial charge >= 0.3 is 21.5 Å². The molecule has 2 unspecified atom stereocenters. The van der Waals surface area contributed by atoms with E-state index in [1.54, 1.807) is 0 Å². The van der Waals surface area contributed by atoms with Crippen molar-refractivity contribution < 1.29 is 47.0 Å². The zero-order valence-corrected chi connectivity index (χ0v) is 35.3. The number of nitrogen functional groups attached to an aromatic ring is 1. The predicted molar refractivity (Wildman–Crippen MR) is 213 cm³/mol. The van der Waals surface area contributed by atoms with Gasteiger partial charge in [0.1, 0.15) is 18.1 Å². The molecule has 6 N–H and O–H groups in total. The van der Waals surface area contributed by atoms with Crippen molar-refractivity contribution in [2.24, 2.45) is 0 Å². The molecule has 2 aromatic heterocycles. The Hall–Kier alpha value is -2.40. The molecular formula is C35H62ClN7O11P2. The number of alkyl halides is 1. The van der Waals surface area contributed by atoms with Gasteiger partial charge in [-0.2, -0.15) is 4.98 Å². The van der Waals surface area contributed by atoms with Crippen LogP contribution in [-0.4, -0.2) is 90.0 Å². The maximum atomic E-state index is 13.7. The van der Waals surface area contributed by atoms with Crippen molar-refractivity contribution in [3.05, 3.63) is 16.7 Å². The molecule has 1 saturated heterocycles. The van der Waals surface area contributed by atoms with Crippen LogP contribution in [0.25, 0.3) is 11.2 Å². The number of carbonyl (C=O) groups excluding carboxylic acids is 2. The predicted octanol–water partition coefficient (Wildman–Crippen LogP) is 6.46. The SMILES string of the molecule is CCCCCCCCCCCCCCCCCCOC(=O)[C@H](C)N(P(=O)(O)OCCNC(=O)CCl)P(=O)(O)OC[C@@H]1CC[C@H](n2cnc3c(=O)[nH]c(N)nc32)O1. The summed E-state index contributed by atoms with van der Waals surface area (Å²) >= 11 is 5.46. The number of nitrogens with one attached hydrogen (secondary N) is 2. The van der Waals surface area contributed by atoms with Crippen LogP contribution in [0.15, 0.2) is 11.1 Å². The molecule has 0 aromatic carbocycles. The van der Waals surface area contributed by atoms with Gasteiger partial charge in [0, 0.05) is 6.54 Å². The molecule has 21 heteroatoms. The Morgan fingerprint density at radius 2 is 1.55 bits per heavy atom. The molecule has 1 aliphatic heterocycles. The highest BCUT2D eigenvalue weighted by atomic mass is 35.5. The number of nitrogens with two attached hydrogens (primary N) is 1. The number of nitrogens with zero attached hydrogens (tertiary/aromatic N) is 4. The molecule has 2 aromatic rings. The molecule has 320 valence electrons. The molecular weight excluding hydrogens is 792 g/mol. The summed E-state index contributed by atoms with van der Waals surface area (Å²) in [5.74, 6) is -2.05. The van der Waals surface area contributed by atoms with Gasteiger partial charge in [0.25, 0.3) is 5.56 Å². The van der Waals surface area contributed by atoms with E-state index in [4.69, 9.17) is 35.9 Å². The lowest BCUT2D eigenvalue weighted by atomic mass is 10.0. The van der Waals surface area contributed by atoms with Crippen LogP contribution in [-0.2, 0) is 37.2 Å². The number of anilines is 1. The van der Waals surface area contributed by atoms with Crippen LogP contribution in [0.2, 0.25) is 0 Å². The summed E-state index contributed by atoms with van der Waals surface area (Å²) in [5.41, 5.74) is 5.39. The summed E-state index contributed by atoms with van der Waals surface area (Å²) in [6.07, 6.45) is 19.6. The molecule has 0 bridgehead atoms. The largest absolute Gasteiger partial charge is 0.465 e. The van der Waals surface area contributed by atoms with E-state index in [9.17, 15) is 33.3 Å². The van der Waals surface area contributed by atoms with E-state index in [-0.39, 0.29) is 40.6 Å². The third kappa shape index (κ3) is 16.1. The minimum Gasteiger partial charge on any atom is -0.465 e. The van der Waals surface area contributed by atoms with Gasteiger partial charge in [-0.1, -0.05) is 108 Å². The first-order chi connectivity index (χ1) is 26.8. The van der Waals surface area contributed by atoms with E-state index in [0.29, 0.717) is 19.3 Å². The van der Waals surface area contributed by atoms with Crippen molar-refractivity contribution >= 4 is 56.1 Å². The molecule has 0 spiro atoms. The van der Waals surface area contributed by atoms with Crippen molar-refractivity contribution in [3.8, 4) is 0 Å². The highest BCUT2D eigenvalue weighted by molar-refractivity contribution is 7.66. The number of unbranched alkanes of at least 4 members (excludes halogenated alkanes) is 15. The number of hydrogen-bond donors (Lipinski definition) is 5. The van der Waals surface area contributed by atoms with E-state index in [1.807, 2.05) is 0 Å². The number of fused-ring (bicyclic) bond motifs is 1. The first-order valence-corrected chi connectivity index (χ1v) is 23.5. The Labute approximate surface area is 334 Å². The molecule has 0 radical (unpaired) electrons. The highest BCUT2D eigenvalue weighted by Gasteiger charge is 2.51. The van der Waals surface area contributed by atoms with Crippen molar-refractivity contribution in [2.45, 2.75) is 148 Å². The molecule has 0 aliphatic carbocycles. The maximum Gasteiger partial charge on any atom is 0.415 e. The molecule has 0 saturated carbocycles. The summed E-state index contributed by atoms with van der Waals surface area (Å²) in [4.78, 5) is 69.3. The molecule has 56 heavy (non-hydrogen) atoms. The first-order valence-electron chi connectivity index (χ1n) is 19.9. The van der Waals surface area contributed by atoms with Gasteiger partial charge in [-0.25, -0.2) is 14.1 Å². The summed E-state index contributed by atoms with van der Waals surface area (Å²) in [6, 6.07) is -1.75. The number of esters is 1. The lowest BCUT2D eigenvalue weighted by Gasteiger charge is -2.33. The van der Waals surface area contributed by atoms with Crippen molar-refractivity contribution in [2.75, 3.05) is 38.0 Å². The van der Waals surface area contributed by atoms with Crippen LogP contribution in [0.3, 0.4) is 0 Å². The molecule has 1 amide bonds. The average Bonchev–Trinajstić information content (AvgIpc) is 3.81. The Balaban J connectivity index is 1.47. The van der Waals surface area contributed by atoms with Gasteiger partial charge in [-0.15, -0.1) is 11.6 Å². The van der Waals surface area contributed by atoms with Crippen molar-refractivity contribution in [1.82, 2.24) is 29.3 Å². The number of aromatic amines is 1. The van der Waals surface area contributed by atoms with Gasteiger partial charge in [0.05, 0.1) is 32.3 Å². The van der Waals surface area contributed by atoms with Crippen LogP contribution >= 0.6 is 27.1 Å². The molecule has 3 heterocycles. The Morgan fingerprint density at radius 1 is 0.982 bits per heavy atom. The number of hydrogen-bond acceptors (Lipinski definition) is 12. The number of rotatable bonds is 30. The van der Waals surface area contributed by atoms with Crippen LogP contribution in [0.1, 0.15) is 136 Å². The van der Waals surface area contributed by atoms with Gasteiger partial charge in [0.2, 0.25) is 11.9 Å². The second-order valence-electron chi connectivity index (χ2n) is 14.1. The number of carbonyl (C=O) groups is 2. The third-order valence-corrected chi connectivity index (χ3v) is 13.9. The molecule has 5 atom stereocenters. The van der Waals surface area contributed by atoms with E-state index in [0.717, 1.165) is 32.6 Å². The van der Waals surface area contributed by atoms with E-state index in [1.165, 1.54) is 81.5 Å². The van der Waals surface area contributed by atoms with Crippen LogP contribution in [0.5, 0.6) is 0 Å². The zero-order valence-electron chi connectivity index (χ0n) is 32.8. The minimum absolute atomic E-state index is 0.0136. The zero-order chi connectivity index (χ0) is 41.0. The summed E-state index contributed by atoms with van der Waals surface area (Å²) < 4.78 is 50.4. The molecule has 1 aliphatic rings. The fourth-order valence-electron chi connectivity index (χ4n) is 6.49. The van der Waals surface area contributed by atoms with Gasteiger partial charge < -0.3 is 30.3 Å². The number of H-pyrrole nitrogens is 1. The van der Waals surface area contributed by atoms with Gasteiger partial charge in [-0.3, -0.25) is 33.0 Å². The second-order valence-corrected chi connectivity index (χ2v) is 18.0. The Bertz CT molecular complexity index is 1650.